The molecule has 0 aliphatic carbocycles. The molecule has 0 spiro atoms. The topological polar surface area (TPSA) is 55.0 Å². The number of unbranched alkanes of at least 4 members (excludes halogenated alkanes) is 3. The number of nitrogens with one attached hydrogen (secondary N) is 1. The van der Waals surface area contributed by atoms with Crippen molar-refractivity contribution in [3.63, 3.8) is 0 Å². The molecule has 4 nitrogen and oxygen atoms in total. The Bertz CT molecular complexity index is 307. The Morgan fingerprint density at radius 3 is 2.82 bits per heavy atom. The monoisotopic (exact) mass is 237 g/mol. The van der Waals surface area contributed by atoms with Gasteiger partial charge in [0.25, 0.3) is 0 Å². The van der Waals surface area contributed by atoms with E-state index in [9.17, 15) is 4.79 Å². The summed E-state index contributed by atoms with van der Waals surface area (Å²) in [4.78, 5) is 18.3. The van der Waals surface area contributed by atoms with Crippen molar-refractivity contribution in [2.45, 2.75) is 58.5 Å². The Morgan fingerprint density at radius 2 is 2.18 bits per heavy atom. The number of hydrogen-bond acceptors (Lipinski definition) is 3. The van der Waals surface area contributed by atoms with E-state index >= 15 is 0 Å². The second-order valence-electron chi connectivity index (χ2n) is 4.43. The zero-order valence-electron chi connectivity index (χ0n) is 10.7. The molecule has 1 N–H and O–H groups in total. The van der Waals surface area contributed by atoms with E-state index in [0.29, 0.717) is 6.42 Å². The van der Waals surface area contributed by atoms with Crippen LogP contribution in [0.4, 0.5) is 0 Å². The summed E-state index contributed by atoms with van der Waals surface area (Å²) in [6, 6.07) is 0. The Morgan fingerprint density at radius 1 is 1.41 bits per heavy atom. The quantitative estimate of drug-likeness (QED) is 0.558. The number of carbonyl (C=O) groups is 1. The molecule has 0 saturated heterocycles. The van der Waals surface area contributed by atoms with Crippen LogP contribution in [-0.2, 0) is 16.0 Å². The molecule has 0 fully saturated rings. The first kappa shape index (κ1) is 13.7. The van der Waals surface area contributed by atoms with Crippen molar-refractivity contribution < 1.29 is 9.53 Å². The standard InChI is InChI=1S/C13H21N2O2/c1-11(2)17-13(16)8-6-4-3-5-7-12-14-9-10-15-12/h9,11H,3-8H2,1-2H3,(H,14,15). The Hall–Kier alpha value is -1.32. The first-order chi connectivity index (χ1) is 8.18. The van der Waals surface area contributed by atoms with Gasteiger partial charge in [-0.3, -0.25) is 4.79 Å². The highest BCUT2D eigenvalue weighted by Crippen LogP contribution is 2.07. The van der Waals surface area contributed by atoms with E-state index in [1.54, 1.807) is 6.20 Å². The van der Waals surface area contributed by atoms with Crippen LogP contribution in [-0.4, -0.2) is 22.0 Å². The third kappa shape index (κ3) is 6.76. The number of rotatable bonds is 8. The van der Waals surface area contributed by atoms with Gasteiger partial charge in [0.05, 0.1) is 6.10 Å². The number of hydrogen-bond donors (Lipinski definition) is 1. The van der Waals surface area contributed by atoms with Gasteiger partial charge in [-0.25, -0.2) is 4.98 Å². The number of nitrogens with zero attached hydrogens (tertiary/aromatic N) is 1. The van der Waals surface area contributed by atoms with Crippen LogP contribution in [0.25, 0.3) is 0 Å². The maximum Gasteiger partial charge on any atom is 0.306 e. The number of aromatic nitrogens is 2. The first-order valence-electron chi connectivity index (χ1n) is 6.28. The minimum atomic E-state index is -0.0827. The minimum absolute atomic E-state index is 0.00213. The number of carbonyl (C=O) groups excluding carboxylic acids is 1. The van der Waals surface area contributed by atoms with Gasteiger partial charge in [-0.05, 0) is 26.7 Å². The average molecular weight is 237 g/mol. The molecule has 0 bridgehead atoms. The lowest BCUT2D eigenvalue weighted by molar-refractivity contribution is -0.147. The van der Waals surface area contributed by atoms with E-state index in [4.69, 9.17) is 4.74 Å². The Kier molecular flexibility index (Phi) is 6.37. The van der Waals surface area contributed by atoms with Gasteiger partial charge >= 0.3 is 5.97 Å². The molecule has 0 aliphatic heterocycles. The van der Waals surface area contributed by atoms with E-state index in [2.05, 4.69) is 16.2 Å². The van der Waals surface area contributed by atoms with Gasteiger partial charge in [0.1, 0.15) is 12.0 Å². The molecule has 1 radical (unpaired) electrons. The zero-order chi connectivity index (χ0) is 12.5. The highest BCUT2D eigenvalue weighted by Gasteiger charge is 2.04. The normalized spacial score (nSPS) is 10.8. The summed E-state index contributed by atoms with van der Waals surface area (Å²) >= 11 is 0. The maximum absolute atomic E-state index is 11.2. The van der Waals surface area contributed by atoms with Crippen molar-refractivity contribution in [3.05, 3.63) is 18.2 Å². The summed E-state index contributed by atoms with van der Waals surface area (Å²) in [7, 11) is 0. The number of esters is 1. The minimum Gasteiger partial charge on any atom is -0.463 e. The largest absolute Gasteiger partial charge is 0.463 e. The van der Waals surface area contributed by atoms with Crippen molar-refractivity contribution in [1.82, 2.24) is 9.97 Å². The predicted octanol–water partition coefficient (Wildman–Crippen LogP) is 2.65. The molecule has 0 saturated carbocycles. The third-order valence-electron chi connectivity index (χ3n) is 2.41. The van der Waals surface area contributed by atoms with Gasteiger partial charge in [0, 0.05) is 19.0 Å². The molecule has 0 aromatic carbocycles. The summed E-state index contributed by atoms with van der Waals surface area (Å²) in [6.45, 7) is 3.75. The molecule has 1 aromatic heterocycles. The van der Waals surface area contributed by atoms with Crippen molar-refractivity contribution in [1.29, 1.82) is 0 Å². The van der Waals surface area contributed by atoms with Gasteiger partial charge in [0.15, 0.2) is 0 Å². The zero-order valence-corrected chi connectivity index (χ0v) is 10.7. The van der Waals surface area contributed by atoms with Crippen LogP contribution in [0.1, 0.15) is 51.8 Å². The van der Waals surface area contributed by atoms with Gasteiger partial charge < -0.3 is 9.72 Å². The van der Waals surface area contributed by atoms with E-state index < -0.39 is 0 Å². The summed E-state index contributed by atoms with van der Waals surface area (Å²) in [5.74, 6) is 0.907. The average Bonchev–Trinajstić information content (AvgIpc) is 2.75. The lowest BCUT2D eigenvalue weighted by Crippen LogP contribution is -2.10. The SMILES string of the molecule is CC(C)OC(=O)CCCCCCc1n[c]c[nH]1. The van der Waals surface area contributed by atoms with Crippen LogP contribution >= 0.6 is 0 Å². The van der Waals surface area contributed by atoms with Crippen LogP contribution in [0, 0.1) is 6.20 Å². The molecule has 4 heteroatoms. The molecule has 1 rings (SSSR count). The highest BCUT2D eigenvalue weighted by atomic mass is 16.5. The molecule has 0 atom stereocenters. The summed E-state index contributed by atoms with van der Waals surface area (Å²) in [6.07, 6.45) is 10.2. The molecular weight excluding hydrogens is 216 g/mol. The van der Waals surface area contributed by atoms with Crippen molar-refractivity contribution in [2.24, 2.45) is 0 Å². The van der Waals surface area contributed by atoms with E-state index in [-0.39, 0.29) is 12.1 Å². The predicted molar refractivity (Wildman–Crippen MR) is 65.4 cm³/mol. The fourth-order valence-corrected chi connectivity index (χ4v) is 1.62. The molecule has 0 aliphatic rings. The van der Waals surface area contributed by atoms with Gasteiger partial charge in [-0.15, -0.1) is 0 Å². The first-order valence-corrected chi connectivity index (χ1v) is 6.28. The molecule has 1 aromatic rings. The van der Waals surface area contributed by atoms with E-state index in [1.165, 1.54) is 0 Å². The van der Waals surface area contributed by atoms with Crippen LogP contribution in [0.3, 0.4) is 0 Å². The lowest BCUT2D eigenvalue weighted by atomic mass is 10.1. The van der Waals surface area contributed by atoms with E-state index in [0.717, 1.165) is 37.9 Å². The van der Waals surface area contributed by atoms with Crippen LogP contribution in [0.2, 0.25) is 0 Å². The summed E-state index contributed by atoms with van der Waals surface area (Å²) in [5, 5.41) is 0. The molecule has 95 valence electrons. The number of aromatic amines is 1. The van der Waals surface area contributed by atoms with Crippen LogP contribution < -0.4 is 0 Å². The van der Waals surface area contributed by atoms with Crippen LogP contribution in [0.5, 0.6) is 0 Å². The molecule has 0 unspecified atom stereocenters. The fraction of sp³-hybridized carbons (Fsp3) is 0.692. The maximum atomic E-state index is 11.2. The highest BCUT2D eigenvalue weighted by molar-refractivity contribution is 5.69. The summed E-state index contributed by atoms with van der Waals surface area (Å²) in [5.41, 5.74) is 0. The summed E-state index contributed by atoms with van der Waals surface area (Å²) < 4.78 is 5.06. The fourth-order valence-electron chi connectivity index (χ4n) is 1.62. The second kappa shape index (κ2) is 7.87. The smallest absolute Gasteiger partial charge is 0.306 e. The van der Waals surface area contributed by atoms with Crippen molar-refractivity contribution in [2.75, 3.05) is 0 Å². The van der Waals surface area contributed by atoms with E-state index in [1.807, 2.05) is 13.8 Å². The Balaban J connectivity index is 1.92. The second-order valence-corrected chi connectivity index (χ2v) is 4.43. The molecular formula is C13H21N2O2. The number of ether oxygens (including phenoxy) is 1. The molecule has 1 heterocycles. The van der Waals surface area contributed by atoms with Crippen LogP contribution in [0.15, 0.2) is 6.20 Å². The number of imidazole rings is 1. The van der Waals surface area contributed by atoms with Crippen molar-refractivity contribution in [3.8, 4) is 0 Å². The molecule has 17 heavy (non-hydrogen) atoms. The third-order valence-corrected chi connectivity index (χ3v) is 2.41. The van der Waals surface area contributed by atoms with Crippen molar-refractivity contribution >= 4 is 5.97 Å². The van der Waals surface area contributed by atoms with Gasteiger partial charge in [-0.1, -0.05) is 12.8 Å². The molecule has 0 amide bonds. The lowest BCUT2D eigenvalue weighted by Gasteiger charge is -2.07. The number of aryl methyl sites for hydroxylation is 1. The Labute approximate surface area is 103 Å². The van der Waals surface area contributed by atoms with Gasteiger partial charge in [-0.2, -0.15) is 0 Å². The van der Waals surface area contributed by atoms with Gasteiger partial charge in [0.2, 0.25) is 0 Å². The number of H-pyrrole nitrogens is 1.